The van der Waals surface area contributed by atoms with Crippen LogP contribution < -0.4 is 0 Å². The third-order valence-electron chi connectivity index (χ3n) is 12.8. The summed E-state index contributed by atoms with van der Waals surface area (Å²) in [5.41, 5.74) is 10.6. The molecule has 9 aromatic rings. The van der Waals surface area contributed by atoms with Gasteiger partial charge in [-0.25, -0.2) is 0 Å². The molecule has 0 radical (unpaired) electrons. The van der Waals surface area contributed by atoms with Gasteiger partial charge in [0.25, 0.3) is 0 Å². The summed E-state index contributed by atoms with van der Waals surface area (Å²) in [5, 5.41) is 15.6. The van der Waals surface area contributed by atoms with Crippen LogP contribution in [0.25, 0.3) is 86.9 Å². The van der Waals surface area contributed by atoms with Crippen molar-refractivity contribution in [2.45, 2.75) is 105 Å². The Kier molecular flexibility index (Phi) is 8.55. The summed E-state index contributed by atoms with van der Waals surface area (Å²) in [5.74, 6) is 0. The molecule has 9 rings (SSSR count). The van der Waals surface area contributed by atoms with E-state index in [0.29, 0.717) is 0 Å². The molecule has 58 heavy (non-hydrogen) atoms. The van der Waals surface area contributed by atoms with Crippen LogP contribution in [0.4, 0.5) is 0 Å². The first-order valence-electron chi connectivity index (χ1n) is 21.3. The van der Waals surface area contributed by atoms with Crippen molar-refractivity contribution in [1.29, 1.82) is 0 Å². The molecule has 0 amide bonds. The molecule has 0 nitrogen and oxygen atoms in total. The van der Waals surface area contributed by atoms with Crippen molar-refractivity contribution in [2.24, 2.45) is 0 Å². The molecule has 0 aromatic heterocycles. The summed E-state index contributed by atoms with van der Waals surface area (Å²) >= 11 is 0. The van der Waals surface area contributed by atoms with Gasteiger partial charge in [0.05, 0.1) is 0 Å². The molecule has 0 fully saturated rings. The molecule has 0 aliphatic rings. The monoisotopic (exact) mass is 754 g/mol. The van der Waals surface area contributed by atoms with Gasteiger partial charge in [-0.2, -0.15) is 0 Å². The highest BCUT2D eigenvalue weighted by molar-refractivity contribution is 6.32. The van der Waals surface area contributed by atoms with Crippen LogP contribution in [-0.4, -0.2) is 0 Å². The Morgan fingerprint density at radius 3 is 0.862 bits per heavy atom. The summed E-state index contributed by atoms with van der Waals surface area (Å²) in [6, 6.07) is 52.0. The minimum absolute atomic E-state index is 0.0110. The minimum Gasteiger partial charge on any atom is -0.0616 e. The molecule has 0 unspecified atom stereocenters. The lowest BCUT2D eigenvalue weighted by atomic mass is 9.76. The SMILES string of the molecule is CC(C)(C)c1cc(-c2c3ccccc3c(-c3cc(C(C)(C)C)cc(C(C)(C)C)c3)c3cc4c5cc6ccccc6cc5c5ccccc5c4cc23)cc(C(C)(C)C)c1. The molecular formula is C58H58. The van der Waals surface area contributed by atoms with Crippen molar-refractivity contribution in [2.75, 3.05) is 0 Å². The van der Waals surface area contributed by atoms with Gasteiger partial charge in [0.15, 0.2) is 0 Å². The summed E-state index contributed by atoms with van der Waals surface area (Å²) in [7, 11) is 0. The maximum atomic E-state index is 2.57. The Morgan fingerprint density at radius 1 is 0.241 bits per heavy atom. The van der Waals surface area contributed by atoms with Crippen LogP contribution in [-0.2, 0) is 21.7 Å². The molecule has 0 heteroatoms. The Bertz CT molecular complexity index is 3060. The average molecular weight is 755 g/mol. The predicted octanol–water partition coefficient (Wildman–Crippen LogP) is 17.1. The van der Waals surface area contributed by atoms with Crippen molar-refractivity contribution in [3.05, 3.63) is 156 Å². The molecule has 0 aliphatic heterocycles. The molecular weight excluding hydrogens is 697 g/mol. The highest BCUT2D eigenvalue weighted by Crippen LogP contribution is 2.49. The standard InChI is InChI=1S/C58H58/c1-55(2,3)39-25-37(26-40(31-39)56(4,5)6)53-45-23-17-18-24-46(45)54(38-27-41(57(7,8)9)32-42(28-38)58(10,11)12)52-34-50-48-30-36-20-14-13-19-35(36)29-47(48)43-21-15-16-22-44(43)49(50)33-51(52)53/h13-34H,1-12H3. The van der Waals surface area contributed by atoms with E-state index in [1.807, 2.05) is 0 Å². The number of hydrogen-bond donors (Lipinski definition) is 0. The number of rotatable bonds is 2. The van der Waals surface area contributed by atoms with Gasteiger partial charge in [-0.15, -0.1) is 0 Å². The van der Waals surface area contributed by atoms with Crippen LogP contribution >= 0.6 is 0 Å². The fraction of sp³-hybridized carbons (Fsp3) is 0.276. The smallest absolute Gasteiger partial charge is 0.00259 e. The second kappa shape index (κ2) is 13.0. The summed E-state index contributed by atoms with van der Waals surface area (Å²) in [6.07, 6.45) is 0. The van der Waals surface area contributed by atoms with Crippen molar-refractivity contribution in [3.63, 3.8) is 0 Å². The molecule has 0 saturated carbocycles. The van der Waals surface area contributed by atoms with Crippen LogP contribution in [0.5, 0.6) is 0 Å². The second-order valence-corrected chi connectivity index (χ2v) is 21.1. The first-order valence-corrected chi connectivity index (χ1v) is 21.3. The minimum atomic E-state index is -0.0127. The molecule has 0 N–H and O–H groups in total. The quantitative estimate of drug-likeness (QED) is 0.122. The summed E-state index contributed by atoms with van der Waals surface area (Å²) < 4.78 is 0. The van der Waals surface area contributed by atoms with Gasteiger partial charge in [0, 0.05) is 0 Å². The lowest BCUT2D eigenvalue weighted by Gasteiger charge is -2.28. The van der Waals surface area contributed by atoms with Gasteiger partial charge >= 0.3 is 0 Å². The Hall–Kier alpha value is -5.46. The zero-order valence-electron chi connectivity index (χ0n) is 36.7. The topological polar surface area (TPSA) is 0 Å². The van der Waals surface area contributed by atoms with E-state index >= 15 is 0 Å². The van der Waals surface area contributed by atoms with Gasteiger partial charge in [0.2, 0.25) is 0 Å². The largest absolute Gasteiger partial charge is 0.0616 e. The van der Waals surface area contributed by atoms with E-state index in [4.69, 9.17) is 0 Å². The first kappa shape index (κ1) is 38.1. The van der Waals surface area contributed by atoms with Gasteiger partial charge < -0.3 is 0 Å². The summed E-state index contributed by atoms with van der Waals surface area (Å²) in [4.78, 5) is 0. The van der Waals surface area contributed by atoms with Crippen LogP contribution in [0.15, 0.2) is 133 Å². The van der Waals surface area contributed by atoms with Crippen LogP contribution in [0.2, 0.25) is 0 Å². The molecule has 290 valence electrons. The van der Waals surface area contributed by atoms with Crippen molar-refractivity contribution in [1.82, 2.24) is 0 Å². The zero-order chi connectivity index (χ0) is 41.1. The lowest BCUT2D eigenvalue weighted by Crippen LogP contribution is -2.16. The molecule has 0 heterocycles. The normalized spacial score (nSPS) is 13.2. The highest BCUT2D eigenvalue weighted by Gasteiger charge is 2.27. The van der Waals surface area contributed by atoms with Crippen LogP contribution in [0.1, 0.15) is 105 Å². The highest BCUT2D eigenvalue weighted by atomic mass is 14.3. The van der Waals surface area contributed by atoms with E-state index in [-0.39, 0.29) is 21.7 Å². The maximum Gasteiger partial charge on any atom is -0.00259 e. The van der Waals surface area contributed by atoms with E-state index in [9.17, 15) is 0 Å². The Balaban J connectivity index is 1.55. The Labute approximate surface area is 345 Å². The summed E-state index contributed by atoms with van der Waals surface area (Å²) in [6.45, 7) is 28.2. The third-order valence-corrected chi connectivity index (χ3v) is 12.8. The average Bonchev–Trinajstić information content (AvgIpc) is 3.17. The number of hydrogen-bond acceptors (Lipinski definition) is 0. The van der Waals surface area contributed by atoms with Crippen molar-refractivity contribution >= 4 is 64.6 Å². The lowest BCUT2D eigenvalue weighted by molar-refractivity contribution is 0.568. The molecule has 0 bridgehead atoms. The Morgan fingerprint density at radius 2 is 0.517 bits per heavy atom. The van der Waals surface area contributed by atoms with Gasteiger partial charge in [-0.05, 0) is 155 Å². The fourth-order valence-corrected chi connectivity index (χ4v) is 9.21. The van der Waals surface area contributed by atoms with E-state index in [2.05, 4.69) is 217 Å². The van der Waals surface area contributed by atoms with Crippen LogP contribution in [0, 0.1) is 0 Å². The van der Waals surface area contributed by atoms with Gasteiger partial charge in [-0.1, -0.05) is 192 Å². The molecule has 0 saturated heterocycles. The zero-order valence-corrected chi connectivity index (χ0v) is 36.7. The predicted molar refractivity (Wildman–Crippen MR) is 257 cm³/mol. The third kappa shape index (κ3) is 6.37. The van der Waals surface area contributed by atoms with Crippen molar-refractivity contribution in [3.8, 4) is 22.3 Å². The molecule has 0 spiro atoms. The maximum absolute atomic E-state index is 2.57. The van der Waals surface area contributed by atoms with E-state index < -0.39 is 0 Å². The van der Waals surface area contributed by atoms with Crippen molar-refractivity contribution < 1.29 is 0 Å². The van der Waals surface area contributed by atoms with E-state index in [1.165, 1.54) is 109 Å². The van der Waals surface area contributed by atoms with Gasteiger partial charge in [0.1, 0.15) is 0 Å². The number of fused-ring (bicyclic) bond motifs is 9. The van der Waals surface area contributed by atoms with Crippen LogP contribution in [0.3, 0.4) is 0 Å². The molecule has 0 atom stereocenters. The van der Waals surface area contributed by atoms with E-state index in [1.54, 1.807) is 0 Å². The fourth-order valence-electron chi connectivity index (χ4n) is 9.21. The number of benzene rings is 9. The molecule has 0 aliphatic carbocycles. The molecule has 9 aromatic carbocycles. The van der Waals surface area contributed by atoms with E-state index in [0.717, 1.165) is 0 Å². The van der Waals surface area contributed by atoms with Gasteiger partial charge in [-0.3, -0.25) is 0 Å². The first-order chi connectivity index (χ1) is 27.3. The second-order valence-electron chi connectivity index (χ2n) is 21.1.